The van der Waals surface area contributed by atoms with Gasteiger partial charge in [-0.25, -0.2) is 4.99 Å². The Kier molecular flexibility index (Phi) is 4.37. The van der Waals surface area contributed by atoms with E-state index >= 15 is 0 Å². The molecule has 1 atom stereocenters. The Morgan fingerprint density at radius 3 is 2.69 bits per heavy atom. The van der Waals surface area contributed by atoms with E-state index in [9.17, 15) is 0 Å². The number of nitrogens with zero attached hydrogens (tertiary/aromatic N) is 1. The van der Waals surface area contributed by atoms with E-state index in [2.05, 4.69) is 66.4 Å². The Balaban J connectivity index is 2.50. The van der Waals surface area contributed by atoms with Crippen LogP contribution >= 0.6 is 15.9 Å². The fourth-order valence-corrected chi connectivity index (χ4v) is 2.45. The summed E-state index contributed by atoms with van der Waals surface area (Å²) >= 11 is 3.34. The van der Waals surface area contributed by atoms with Crippen molar-refractivity contribution in [2.24, 2.45) is 4.99 Å². The smallest absolute Gasteiger partial charge is 0.192 e. The minimum absolute atomic E-state index is 0.168. The number of aliphatic imine (C=N–C) groups is 1. The van der Waals surface area contributed by atoms with Gasteiger partial charge in [0, 0.05) is 0 Å². The van der Waals surface area contributed by atoms with E-state index in [1.54, 1.807) is 0 Å². The van der Waals surface area contributed by atoms with Gasteiger partial charge in [-0.05, 0) is 40.1 Å². The molecule has 3 nitrogen and oxygen atoms in total. The molecule has 5 heteroatoms. The van der Waals surface area contributed by atoms with E-state index in [4.69, 9.17) is 4.43 Å². The van der Waals surface area contributed by atoms with E-state index in [0.717, 1.165) is 4.61 Å². The molecular weight excluding hydrogens is 284 g/mol. The van der Waals surface area contributed by atoms with Crippen molar-refractivity contribution >= 4 is 30.6 Å². The van der Waals surface area contributed by atoms with Gasteiger partial charge in [-0.2, -0.15) is 0 Å². The van der Waals surface area contributed by atoms with Crippen LogP contribution in [0.5, 0.6) is 0 Å². The standard InChI is InChI=1S/C11H20BrN2OSi/c1-11(2,3)16(4,5)15-7-9-6-10(12)14-8-13-9/h6,9H,7H2,1-5H3,(H,13,14). The maximum atomic E-state index is 6.11. The van der Waals surface area contributed by atoms with Crippen LogP contribution in [0.25, 0.3) is 0 Å². The molecule has 16 heavy (non-hydrogen) atoms. The van der Waals surface area contributed by atoms with Gasteiger partial charge in [0.2, 0.25) is 0 Å². The van der Waals surface area contributed by atoms with Crippen LogP contribution in [0.2, 0.25) is 18.1 Å². The lowest BCUT2D eigenvalue weighted by Crippen LogP contribution is -2.44. The van der Waals surface area contributed by atoms with Crippen molar-refractivity contribution in [3.63, 3.8) is 0 Å². The molecule has 0 saturated carbocycles. The minimum atomic E-state index is -1.65. The summed E-state index contributed by atoms with van der Waals surface area (Å²) in [5.74, 6) is 0. The third kappa shape index (κ3) is 3.71. The molecule has 0 aliphatic carbocycles. The zero-order chi connectivity index (χ0) is 12.4. The van der Waals surface area contributed by atoms with Crippen LogP contribution in [0.4, 0.5) is 0 Å². The highest BCUT2D eigenvalue weighted by atomic mass is 79.9. The number of hydrogen-bond donors (Lipinski definition) is 1. The summed E-state index contributed by atoms with van der Waals surface area (Å²) in [6.45, 7) is 11.9. The number of rotatable bonds is 3. The normalized spacial score (nSPS) is 21.6. The van der Waals surface area contributed by atoms with E-state index < -0.39 is 8.32 Å². The quantitative estimate of drug-likeness (QED) is 0.642. The van der Waals surface area contributed by atoms with E-state index in [-0.39, 0.29) is 11.1 Å². The van der Waals surface area contributed by atoms with Crippen molar-refractivity contribution in [1.82, 2.24) is 5.32 Å². The summed E-state index contributed by atoms with van der Waals surface area (Å²) in [7, 11) is -1.65. The molecule has 1 unspecified atom stereocenters. The first kappa shape index (κ1) is 13.9. The van der Waals surface area contributed by atoms with Crippen molar-refractivity contribution in [2.45, 2.75) is 44.9 Å². The van der Waals surface area contributed by atoms with Gasteiger partial charge in [0.15, 0.2) is 14.7 Å². The fourth-order valence-electron chi connectivity index (χ4n) is 1.02. The molecule has 1 aliphatic rings. The Hall–Kier alpha value is -0.133. The predicted molar refractivity (Wildman–Crippen MR) is 74.5 cm³/mol. The van der Waals surface area contributed by atoms with Crippen LogP contribution in [-0.2, 0) is 4.43 Å². The molecule has 0 bridgehead atoms. The van der Waals surface area contributed by atoms with Crippen molar-refractivity contribution < 1.29 is 4.43 Å². The van der Waals surface area contributed by atoms with Crippen molar-refractivity contribution in [1.29, 1.82) is 0 Å². The highest BCUT2D eigenvalue weighted by Gasteiger charge is 2.37. The molecule has 91 valence electrons. The maximum Gasteiger partial charge on any atom is 0.192 e. The second-order valence-electron chi connectivity index (χ2n) is 5.54. The van der Waals surface area contributed by atoms with Crippen LogP contribution in [0.3, 0.4) is 0 Å². The average molecular weight is 304 g/mol. The molecule has 1 heterocycles. The van der Waals surface area contributed by atoms with Crippen molar-refractivity contribution in [2.75, 3.05) is 6.61 Å². The van der Waals surface area contributed by atoms with Gasteiger partial charge in [-0.3, -0.25) is 0 Å². The Morgan fingerprint density at radius 1 is 1.56 bits per heavy atom. The topological polar surface area (TPSA) is 33.6 Å². The fraction of sp³-hybridized carbons (Fsp3) is 0.727. The van der Waals surface area contributed by atoms with Gasteiger partial charge in [0.25, 0.3) is 0 Å². The van der Waals surface area contributed by atoms with Gasteiger partial charge in [-0.1, -0.05) is 20.8 Å². The zero-order valence-corrected chi connectivity index (χ0v) is 13.2. The highest BCUT2D eigenvalue weighted by Crippen LogP contribution is 2.36. The third-order valence-electron chi connectivity index (χ3n) is 3.18. The SMILES string of the molecule is CC(C)(C)[Si](C)(C)OCC1C=C(Br)N=[C]N1. The molecule has 0 amide bonds. The molecule has 1 rings (SSSR count). The first-order valence-electron chi connectivity index (χ1n) is 5.45. The molecule has 1 radical (unpaired) electrons. The second-order valence-corrected chi connectivity index (χ2v) is 11.2. The molecule has 1 aliphatic heterocycles. The molecule has 0 aromatic heterocycles. The minimum Gasteiger partial charge on any atom is -0.414 e. The van der Waals surface area contributed by atoms with Crippen LogP contribution in [0.15, 0.2) is 15.7 Å². The van der Waals surface area contributed by atoms with E-state index in [1.807, 2.05) is 6.08 Å². The third-order valence-corrected chi connectivity index (χ3v) is 8.12. The van der Waals surface area contributed by atoms with E-state index in [1.165, 1.54) is 0 Å². The lowest BCUT2D eigenvalue weighted by atomic mass is 10.2. The molecule has 0 aromatic carbocycles. The summed E-state index contributed by atoms with van der Waals surface area (Å²) in [6.07, 6.45) is 4.76. The maximum absolute atomic E-state index is 6.11. The second kappa shape index (κ2) is 5.02. The lowest BCUT2D eigenvalue weighted by Gasteiger charge is -2.37. The Labute approximate surface area is 108 Å². The molecular formula is C11H20BrN2OSi. The first-order valence-corrected chi connectivity index (χ1v) is 9.15. The van der Waals surface area contributed by atoms with Crippen molar-refractivity contribution in [3.8, 4) is 0 Å². The van der Waals surface area contributed by atoms with Gasteiger partial charge in [0.1, 0.15) is 4.61 Å². The van der Waals surface area contributed by atoms with Gasteiger partial charge in [-0.15, -0.1) is 0 Å². The zero-order valence-electron chi connectivity index (χ0n) is 10.6. The highest BCUT2D eigenvalue weighted by molar-refractivity contribution is 9.11. The predicted octanol–water partition coefficient (Wildman–Crippen LogP) is 3.12. The first-order chi connectivity index (χ1) is 7.22. The van der Waals surface area contributed by atoms with Crippen LogP contribution in [-0.4, -0.2) is 27.3 Å². The molecule has 1 N–H and O–H groups in total. The molecule has 0 spiro atoms. The summed E-state index contributed by atoms with van der Waals surface area (Å²) in [5.41, 5.74) is 0. The summed E-state index contributed by atoms with van der Waals surface area (Å²) in [6, 6.07) is 0.168. The van der Waals surface area contributed by atoms with Gasteiger partial charge >= 0.3 is 0 Å². The average Bonchev–Trinajstić information content (AvgIpc) is 2.13. The van der Waals surface area contributed by atoms with Gasteiger partial charge in [0.05, 0.1) is 12.6 Å². The lowest BCUT2D eigenvalue weighted by molar-refractivity contribution is 0.271. The van der Waals surface area contributed by atoms with Crippen LogP contribution in [0, 0.1) is 0 Å². The molecule has 0 aromatic rings. The summed E-state index contributed by atoms with van der Waals surface area (Å²) in [4.78, 5) is 3.95. The van der Waals surface area contributed by atoms with Crippen LogP contribution < -0.4 is 5.32 Å². The number of hydrogen-bond acceptors (Lipinski definition) is 3. The summed E-state index contributed by atoms with van der Waals surface area (Å²) in [5, 5.41) is 3.30. The molecule has 0 fully saturated rings. The Morgan fingerprint density at radius 2 is 2.19 bits per heavy atom. The van der Waals surface area contributed by atoms with Crippen LogP contribution in [0.1, 0.15) is 20.8 Å². The monoisotopic (exact) mass is 303 g/mol. The van der Waals surface area contributed by atoms with E-state index in [0.29, 0.717) is 6.61 Å². The number of halogens is 1. The Bertz CT molecular complexity index is 308. The number of nitrogens with one attached hydrogen (secondary N) is 1. The molecule has 0 saturated heterocycles. The summed E-state index contributed by atoms with van der Waals surface area (Å²) < 4.78 is 6.93. The largest absolute Gasteiger partial charge is 0.414 e. The van der Waals surface area contributed by atoms with Gasteiger partial charge < -0.3 is 9.74 Å². The van der Waals surface area contributed by atoms with Crippen molar-refractivity contribution in [3.05, 3.63) is 10.7 Å².